The molecule has 0 N–H and O–H groups in total. The highest BCUT2D eigenvalue weighted by Gasteiger charge is 2.42. The van der Waals surface area contributed by atoms with E-state index in [0.717, 1.165) is 12.8 Å². The van der Waals surface area contributed by atoms with Gasteiger partial charge in [-0.2, -0.15) is 0 Å². The lowest BCUT2D eigenvalue weighted by molar-refractivity contribution is -0.168. The third-order valence-corrected chi connectivity index (χ3v) is 2.98. The van der Waals surface area contributed by atoms with Crippen LogP contribution in [0.4, 0.5) is 0 Å². The third kappa shape index (κ3) is 1.76. The largest absolute Gasteiger partial charge is 0.371 e. The van der Waals surface area contributed by atoms with Gasteiger partial charge in [0.15, 0.2) is 5.78 Å². The van der Waals surface area contributed by atoms with E-state index < -0.39 is 0 Å². The molecule has 0 bridgehead atoms. The summed E-state index contributed by atoms with van der Waals surface area (Å²) < 4.78 is 10.8. The fourth-order valence-corrected chi connectivity index (χ4v) is 2.14. The maximum atomic E-state index is 11.0. The number of ketones is 1. The molecule has 0 aromatic carbocycles. The van der Waals surface area contributed by atoms with E-state index in [1.54, 1.807) is 7.11 Å². The standard InChI is InChI=1S/C10H16O3/c1-12-10-8(11)6-9(10)13-7-4-2-3-5-7/h7,9-10H,2-6H2,1H3. The summed E-state index contributed by atoms with van der Waals surface area (Å²) in [5.74, 6) is 0.186. The second kappa shape index (κ2) is 3.76. The third-order valence-electron chi connectivity index (χ3n) is 2.98. The van der Waals surface area contributed by atoms with E-state index in [4.69, 9.17) is 9.47 Å². The Kier molecular flexibility index (Phi) is 2.65. The lowest BCUT2D eigenvalue weighted by atomic mass is 9.90. The van der Waals surface area contributed by atoms with Gasteiger partial charge in [0.05, 0.1) is 12.2 Å². The van der Waals surface area contributed by atoms with Gasteiger partial charge in [-0.1, -0.05) is 12.8 Å². The molecule has 3 heteroatoms. The van der Waals surface area contributed by atoms with Crippen LogP contribution >= 0.6 is 0 Å². The van der Waals surface area contributed by atoms with E-state index in [2.05, 4.69) is 0 Å². The van der Waals surface area contributed by atoms with Crippen molar-refractivity contribution in [3.05, 3.63) is 0 Å². The minimum atomic E-state index is -0.277. The van der Waals surface area contributed by atoms with Gasteiger partial charge >= 0.3 is 0 Å². The highest BCUT2D eigenvalue weighted by Crippen LogP contribution is 2.29. The van der Waals surface area contributed by atoms with Gasteiger partial charge in [0, 0.05) is 13.5 Å². The molecule has 0 heterocycles. The van der Waals surface area contributed by atoms with Gasteiger partial charge in [-0.05, 0) is 12.8 Å². The molecule has 2 fully saturated rings. The highest BCUT2D eigenvalue weighted by molar-refractivity contribution is 5.90. The molecule has 0 aliphatic heterocycles. The van der Waals surface area contributed by atoms with Crippen molar-refractivity contribution in [2.75, 3.05) is 7.11 Å². The summed E-state index contributed by atoms with van der Waals surface area (Å²) in [7, 11) is 1.58. The monoisotopic (exact) mass is 184 g/mol. The molecule has 2 aliphatic rings. The average Bonchev–Trinajstić information content (AvgIpc) is 2.56. The van der Waals surface area contributed by atoms with Gasteiger partial charge in [0.1, 0.15) is 6.10 Å². The summed E-state index contributed by atoms with van der Waals surface area (Å²) in [6, 6.07) is 0. The van der Waals surface area contributed by atoms with E-state index in [0.29, 0.717) is 12.5 Å². The predicted octanol–water partition coefficient (Wildman–Crippen LogP) is 1.30. The molecule has 2 atom stereocenters. The lowest BCUT2D eigenvalue weighted by Crippen LogP contribution is -2.51. The van der Waals surface area contributed by atoms with Gasteiger partial charge in [-0.15, -0.1) is 0 Å². The number of hydrogen-bond donors (Lipinski definition) is 0. The van der Waals surface area contributed by atoms with Crippen LogP contribution in [0.2, 0.25) is 0 Å². The summed E-state index contributed by atoms with van der Waals surface area (Å²) in [4.78, 5) is 11.0. The number of methoxy groups -OCH3 is 1. The zero-order valence-corrected chi connectivity index (χ0v) is 7.99. The van der Waals surface area contributed by atoms with E-state index in [1.165, 1.54) is 12.8 Å². The fourth-order valence-electron chi connectivity index (χ4n) is 2.14. The molecule has 0 radical (unpaired) electrons. The van der Waals surface area contributed by atoms with Crippen LogP contribution in [0.25, 0.3) is 0 Å². The lowest BCUT2D eigenvalue weighted by Gasteiger charge is -2.35. The van der Waals surface area contributed by atoms with Crippen LogP contribution in [0, 0.1) is 0 Å². The average molecular weight is 184 g/mol. The Labute approximate surface area is 78.4 Å². The molecule has 0 aromatic rings. The number of hydrogen-bond acceptors (Lipinski definition) is 3. The molecule has 0 spiro atoms. The number of carbonyl (C=O) groups is 1. The van der Waals surface area contributed by atoms with Gasteiger partial charge in [-0.25, -0.2) is 0 Å². The van der Waals surface area contributed by atoms with Crippen LogP contribution in [0.5, 0.6) is 0 Å². The van der Waals surface area contributed by atoms with Crippen molar-refractivity contribution in [1.29, 1.82) is 0 Å². The molecule has 2 aliphatic carbocycles. The predicted molar refractivity (Wildman–Crippen MR) is 47.6 cm³/mol. The van der Waals surface area contributed by atoms with E-state index >= 15 is 0 Å². The van der Waals surface area contributed by atoms with E-state index in [1.807, 2.05) is 0 Å². The van der Waals surface area contributed by atoms with Crippen molar-refractivity contribution in [1.82, 2.24) is 0 Å². The number of ether oxygens (including phenoxy) is 2. The minimum absolute atomic E-state index is 0.0422. The molecule has 3 nitrogen and oxygen atoms in total. The van der Waals surface area contributed by atoms with Crippen molar-refractivity contribution in [2.24, 2.45) is 0 Å². The molecule has 74 valence electrons. The Morgan fingerprint density at radius 3 is 2.54 bits per heavy atom. The minimum Gasteiger partial charge on any atom is -0.371 e. The van der Waals surface area contributed by atoms with Crippen LogP contribution in [-0.2, 0) is 14.3 Å². The van der Waals surface area contributed by atoms with Crippen LogP contribution in [0.1, 0.15) is 32.1 Å². The van der Waals surface area contributed by atoms with Gasteiger partial charge in [0.25, 0.3) is 0 Å². The summed E-state index contributed by atoms with van der Waals surface area (Å²) in [6.45, 7) is 0. The Morgan fingerprint density at radius 1 is 1.31 bits per heavy atom. The fraction of sp³-hybridized carbons (Fsp3) is 0.900. The molecule has 2 saturated carbocycles. The van der Waals surface area contributed by atoms with E-state index in [-0.39, 0.29) is 18.0 Å². The van der Waals surface area contributed by atoms with Crippen molar-refractivity contribution in [3.63, 3.8) is 0 Å². The summed E-state index contributed by atoms with van der Waals surface area (Å²) in [5, 5.41) is 0. The van der Waals surface area contributed by atoms with Gasteiger partial charge in [0.2, 0.25) is 0 Å². The first kappa shape index (κ1) is 9.16. The zero-order valence-electron chi connectivity index (χ0n) is 7.99. The second-order valence-corrected chi connectivity index (χ2v) is 3.91. The zero-order chi connectivity index (χ0) is 9.26. The van der Waals surface area contributed by atoms with Gasteiger partial charge in [-0.3, -0.25) is 4.79 Å². The van der Waals surface area contributed by atoms with Crippen molar-refractivity contribution >= 4 is 5.78 Å². The number of carbonyl (C=O) groups excluding carboxylic acids is 1. The highest BCUT2D eigenvalue weighted by atomic mass is 16.5. The van der Waals surface area contributed by atoms with Crippen molar-refractivity contribution in [3.8, 4) is 0 Å². The van der Waals surface area contributed by atoms with Gasteiger partial charge < -0.3 is 9.47 Å². The van der Waals surface area contributed by atoms with Crippen LogP contribution < -0.4 is 0 Å². The summed E-state index contributed by atoms with van der Waals surface area (Å²) >= 11 is 0. The van der Waals surface area contributed by atoms with Crippen LogP contribution in [0.15, 0.2) is 0 Å². The SMILES string of the molecule is COC1C(=O)CC1OC1CCCC1. The maximum Gasteiger partial charge on any atom is 0.166 e. The normalized spacial score (nSPS) is 35.0. The number of rotatable bonds is 3. The molecule has 0 amide bonds. The smallest absolute Gasteiger partial charge is 0.166 e. The van der Waals surface area contributed by atoms with Crippen LogP contribution in [-0.4, -0.2) is 31.2 Å². The van der Waals surface area contributed by atoms with Crippen molar-refractivity contribution < 1.29 is 14.3 Å². The molecule has 0 saturated heterocycles. The first-order valence-electron chi connectivity index (χ1n) is 5.02. The van der Waals surface area contributed by atoms with E-state index in [9.17, 15) is 4.79 Å². The van der Waals surface area contributed by atoms with Crippen LogP contribution in [0.3, 0.4) is 0 Å². The Bertz CT molecular complexity index is 196. The Morgan fingerprint density at radius 2 is 2.00 bits per heavy atom. The summed E-state index contributed by atoms with van der Waals surface area (Å²) in [5.41, 5.74) is 0. The summed E-state index contributed by atoms with van der Waals surface area (Å²) in [6.07, 6.45) is 5.54. The molecular weight excluding hydrogens is 168 g/mol. The Balaban J connectivity index is 1.78. The molecule has 13 heavy (non-hydrogen) atoms. The Hall–Kier alpha value is -0.410. The number of Topliss-reactive ketones (excluding diaryl/α,β-unsaturated/α-hetero) is 1. The maximum absolute atomic E-state index is 11.0. The molecule has 2 rings (SSSR count). The topological polar surface area (TPSA) is 35.5 Å². The quantitative estimate of drug-likeness (QED) is 0.663. The second-order valence-electron chi connectivity index (χ2n) is 3.91. The molecule has 2 unspecified atom stereocenters. The first-order valence-corrected chi connectivity index (χ1v) is 5.02. The van der Waals surface area contributed by atoms with Crippen molar-refractivity contribution in [2.45, 2.75) is 50.4 Å². The first-order chi connectivity index (χ1) is 6.31. The molecule has 0 aromatic heterocycles. The molecular formula is C10H16O3.